The lowest BCUT2D eigenvalue weighted by atomic mass is 10.1. The average Bonchev–Trinajstić information content (AvgIpc) is 2.14. The first-order valence-electron chi connectivity index (χ1n) is 5.11. The molecule has 1 saturated heterocycles. The standard InChI is InChI=1S/C9H17NO4S/c1-2-10(7-9(11)12)8-3-5-15(13,14)6-4-8/h8H,2-7H2,1H3,(H,11,12). The van der Waals surface area contributed by atoms with E-state index in [0.717, 1.165) is 0 Å². The van der Waals surface area contributed by atoms with Gasteiger partial charge in [0, 0.05) is 6.04 Å². The van der Waals surface area contributed by atoms with Gasteiger partial charge in [0.15, 0.2) is 0 Å². The van der Waals surface area contributed by atoms with Gasteiger partial charge in [0.05, 0.1) is 18.1 Å². The Bertz CT molecular complexity index is 311. The highest BCUT2D eigenvalue weighted by Crippen LogP contribution is 2.17. The molecule has 0 atom stereocenters. The fraction of sp³-hybridized carbons (Fsp3) is 0.889. The van der Waals surface area contributed by atoms with Crippen molar-refractivity contribution in [3.8, 4) is 0 Å². The molecule has 15 heavy (non-hydrogen) atoms. The molecule has 1 fully saturated rings. The van der Waals surface area contributed by atoms with E-state index in [1.54, 1.807) is 0 Å². The van der Waals surface area contributed by atoms with Crippen molar-refractivity contribution in [2.24, 2.45) is 0 Å². The Morgan fingerprint density at radius 1 is 1.40 bits per heavy atom. The first-order chi connectivity index (χ1) is 6.94. The van der Waals surface area contributed by atoms with Gasteiger partial charge in [0.2, 0.25) is 0 Å². The summed E-state index contributed by atoms with van der Waals surface area (Å²) in [6, 6.07) is 0.106. The molecule has 1 aliphatic rings. The second kappa shape index (κ2) is 4.94. The predicted octanol–water partition coefficient (Wildman–Crippen LogP) is -0.0299. The van der Waals surface area contributed by atoms with Crippen molar-refractivity contribution in [1.29, 1.82) is 0 Å². The molecule has 6 heteroatoms. The molecule has 1 N–H and O–H groups in total. The van der Waals surface area contributed by atoms with Crippen LogP contribution in [0.1, 0.15) is 19.8 Å². The molecular weight excluding hydrogens is 218 g/mol. The monoisotopic (exact) mass is 235 g/mol. The van der Waals surface area contributed by atoms with Crippen LogP contribution in [0.2, 0.25) is 0 Å². The van der Waals surface area contributed by atoms with E-state index in [0.29, 0.717) is 19.4 Å². The van der Waals surface area contributed by atoms with Crippen LogP contribution in [0.4, 0.5) is 0 Å². The normalized spacial score (nSPS) is 21.7. The lowest BCUT2D eigenvalue weighted by Gasteiger charge is -2.31. The van der Waals surface area contributed by atoms with E-state index < -0.39 is 15.8 Å². The van der Waals surface area contributed by atoms with Crippen molar-refractivity contribution in [3.05, 3.63) is 0 Å². The summed E-state index contributed by atoms with van der Waals surface area (Å²) < 4.78 is 22.4. The fourth-order valence-corrected chi connectivity index (χ4v) is 3.38. The van der Waals surface area contributed by atoms with Crippen LogP contribution < -0.4 is 0 Å². The maximum atomic E-state index is 11.2. The molecule has 0 aliphatic carbocycles. The summed E-state index contributed by atoms with van der Waals surface area (Å²) in [6.45, 7) is 2.55. The van der Waals surface area contributed by atoms with Crippen molar-refractivity contribution in [3.63, 3.8) is 0 Å². The number of carboxylic acids is 1. The van der Waals surface area contributed by atoms with Crippen molar-refractivity contribution in [2.75, 3.05) is 24.6 Å². The zero-order valence-corrected chi connectivity index (χ0v) is 9.66. The van der Waals surface area contributed by atoms with Crippen LogP contribution in [0.25, 0.3) is 0 Å². The number of likely N-dealkylation sites (N-methyl/N-ethyl adjacent to an activating group) is 1. The first-order valence-corrected chi connectivity index (χ1v) is 6.93. The van der Waals surface area contributed by atoms with E-state index in [9.17, 15) is 13.2 Å². The van der Waals surface area contributed by atoms with Gasteiger partial charge in [-0.25, -0.2) is 8.42 Å². The second-order valence-electron chi connectivity index (χ2n) is 3.84. The fourth-order valence-electron chi connectivity index (χ4n) is 1.92. The minimum atomic E-state index is -2.86. The van der Waals surface area contributed by atoms with Gasteiger partial charge in [-0.1, -0.05) is 6.92 Å². The van der Waals surface area contributed by atoms with Crippen LogP contribution in [0.3, 0.4) is 0 Å². The number of carboxylic acid groups (broad SMARTS) is 1. The minimum absolute atomic E-state index is 0.00120. The molecule has 1 rings (SSSR count). The number of hydrogen-bond donors (Lipinski definition) is 1. The maximum absolute atomic E-state index is 11.2. The predicted molar refractivity (Wildman–Crippen MR) is 56.6 cm³/mol. The summed E-state index contributed by atoms with van der Waals surface area (Å²) in [4.78, 5) is 12.4. The van der Waals surface area contributed by atoms with Gasteiger partial charge in [0.1, 0.15) is 9.84 Å². The lowest BCUT2D eigenvalue weighted by molar-refractivity contribution is -0.138. The van der Waals surface area contributed by atoms with Crippen LogP contribution in [-0.4, -0.2) is 55.0 Å². The van der Waals surface area contributed by atoms with E-state index in [4.69, 9.17) is 5.11 Å². The summed E-state index contributed by atoms with van der Waals surface area (Å²) in [5.41, 5.74) is 0. The number of aliphatic carboxylic acids is 1. The molecule has 0 bridgehead atoms. The van der Waals surface area contributed by atoms with Gasteiger partial charge >= 0.3 is 5.97 Å². The number of rotatable bonds is 4. The van der Waals surface area contributed by atoms with Gasteiger partial charge in [-0.15, -0.1) is 0 Å². The molecule has 88 valence electrons. The molecule has 0 aromatic heterocycles. The highest BCUT2D eigenvalue weighted by molar-refractivity contribution is 7.91. The quantitative estimate of drug-likeness (QED) is 0.740. The molecule has 5 nitrogen and oxygen atoms in total. The maximum Gasteiger partial charge on any atom is 0.317 e. The van der Waals surface area contributed by atoms with E-state index in [1.807, 2.05) is 11.8 Å². The highest BCUT2D eigenvalue weighted by atomic mass is 32.2. The second-order valence-corrected chi connectivity index (χ2v) is 6.14. The third-order valence-electron chi connectivity index (χ3n) is 2.79. The number of nitrogens with zero attached hydrogens (tertiary/aromatic N) is 1. The van der Waals surface area contributed by atoms with Gasteiger partial charge < -0.3 is 5.11 Å². The molecule has 1 heterocycles. The molecule has 0 aromatic rings. The summed E-state index contributed by atoms with van der Waals surface area (Å²) in [7, 11) is -2.86. The number of carbonyl (C=O) groups is 1. The third-order valence-corrected chi connectivity index (χ3v) is 4.50. The van der Waals surface area contributed by atoms with E-state index >= 15 is 0 Å². The number of hydrogen-bond acceptors (Lipinski definition) is 4. The SMILES string of the molecule is CCN(CC(=O)O)C1CCS(=O)(=O)CC1. The van der Waals surface area contributed by atoms with E-state index in [-0.39, 0.29) is 24.1 Å². The summed E-state index contributed by atoms with van der Waals surface area (Å²) >= 11 is 0. The van der Waals surface area contributed by atoms with Gasteiger partial charge in [-0.05, 0) is 19.4 Å². The Morgan fingerprint density at radius 2 is 1.93 bits per heavy atom. The summed E-state index contributed by atoms with van der Waals surface area (Å²) in [6.07, 6.45) is 1.12. The largest absolute Gasteiger partial charge is 0.480 e. The Hall–Kier alpha value is -0.620. The number of sulfone groups is 1. The topological polar surface area (TPSA) is 74.7 Å². The highest BCUT2D eigenvalue weighted by Gasteiger charge is 2.27. The molecule has 1 aliphatic heterocycles. The Morgan fingerprint density at radius 3 is 2.33 bits per heavy atom. The average molecular weight is 235 g/mol. The van der Waals surface area contributed by atoms with E-state index in [1.165, 1.54) is 0 Å². The zero-order chi connectivity index (χ0) is 11.5. The molecule has 0 radical (unpaired) electrons. The first kappa shape index (κ1) is 12.4. The van der Waals surface area contributed by atoms with Crippen molar-refractivity contribution in [1.82, 2.24) is 4.90 Å². The molecule has 0 unspecified atom stereocenters. The van der Waals surface area contributed by atoms with Crippen LogP contribution in [0, 0.1) is 0 Å². The third kappa shape index (κ3) is 3.79. The molecule has 0 saturated carbocycles. The van der Waals surface area contributed by atoms with E-state index in [2.05, 4.69) is 0 Å². The van der Waals surface area contributed by atoms with Crippen LogP contribution in [-0.2, 0) is 14.6 Å². The zero-order valence-electron chi connectivity index (χ0n) is 8.85. The van der Waals surface area contributed by atoms with Crippen molar-refractivity contribution >= 4 is 15.8 Å². The van der Waals surface area contributed by atoms with Crippen LogP contribution in [0.15, 0.2) is 0 Å². The van der Waals surface area contributed by atoms with Crippen LogP contribution >= 0.6 is 0 Å². The van der Waals surface area contributed by atoms with Gasteiger partial charge in [0.25, 0.3) is 0 Å². The summed E-state index contributed by atoms with van der Waals surface area (Å²) in [5.74, 6) is -0.480. The van der Waals surface area contributed by atoms with Crippen molar-refractivity contribution in [2.45, 2.75) is 25.8 Å². The van der Waals surface area contributed by atoms with Gasteiger partial charge in [-0.3, -0.25) is 9.69 Å². The smallest absolute Gasteiger partial charge is 0.317 e. The Kier molecular flexibility index (Phi) is 4.10. The summed E-state index contributed by atoms with van der Waals surface area (Å²) in [5, 5.41) is 8.69. The molecule has 0 amide bonds. The molecule has 0 spiro atoms. The molecule has 0 aromatic carbocycles. The molecular formula is C9H17NO4S. The Balaban J connectivity index is 2.53. The van der Waals surface area contributed by atoms with Gasteiger partial charge in [-0.2, -0.15) is 0 Å². The van der Waals surface area contributed by atoms with Crippen LogP contribution in [0.5, 0.6) is 0 Å². The lowest BCUT2D eigenvalue weighted by Crippen LogP contribution is -2.43. The minimum Gasteiger partial charge on any atom is -0.480 e. The van der Waals surface area contributed by atoms with Crippen molar-refractivity contribution < 1.29 is 18.3 Å². The Labute approximate surface area is 90.0 Å².